The largest absolute Gasteiger partial charge is 0.412 e. The molecule has 0 rings (SSSR count). The molecule has 0 radical (unpaired) electrons. The van der Waals surface area contributed by atoms with E-state index in [1.54, 1.807) is 0 Å². The Balaban J connectivity index is 0. The highest BCUT2D eigenvalue weighted by Gasteiger charge is 1.57. The Morgan fingerprint density at radius 1 is 1.60 bits per heavy atom. The van der Waals surface area contributed by atoms with Crippen molar-refractivity contribution in [1.29, 1.82) is 0 Å². The van der Waals surface area contributed by atoms with Crippen LogP contribution in [0.3, 0.4) is 0 Å². The second kappa shape index (κ2) is 8.90. The minimum Gasteiger partial charge on any atom is -0.412 e. The molecule has 0 aromatic heterocycles. The number of hydrogen-bond donors (Lipinski definition) is 0. The zero-order valence-electron chi connectivity index (χ0n) is 3.91. The summed E-state index contributed by atoms with van der Waals surface area (Å²) in [6.07, 6.45) is 1.38. The second-order valence-electron chi connectivity index (χ2n) is 1.000. The van der Waals surface area contributed by atoms with Crippen molar-refractivity contribution < 1.29 is 5.48 Å². The lowest BCUT2D eigenvalue weighted by atomic mass is 10.6. The van der Waals surface area contributed by atoms with E-state index in [0.29, 0.717) is 0 Å². The van der Waals surface area contributed by atoms with E-state index in [-0.39, 0.29) is 5.48 Å². The van der Waals surface area contributed by atoms with Gasteiger partial charge in [-0.15, -0.1) is 0 Å². The Kier molecular flexibility index (Phi) is 15.9. The maximum absolute atomic E-state index is 2.22. The normalized spacial score (nSPS) is 6.60. The fourth-order valence-electron chi connectivity index (χ4n) is 0. The van der Waals surface area contributed by atoms with Crippen LogP contribution in [0.25, 0.3) is 0 Å². The molecular formula is C3H12OSi. The predicted octanol–water partition coefficient (Wildman–Crippen LogP) is -0.645. The van der Waals surface area contributed by atoms with E-state index < -0.39 is 0 Å². The zero-order valence-corrected chi connectivity index (χ0v) is 5.91. The van der Waals surface area contributed by atoms with Gasteiger partial charge in [0.2, 0.25) is 0 Å². The van der Waals surface area contributed by atoms with Crippen LogP contribution in [0.2, 0.25) is 6.04 Å². The molecule has 0 unspecified atom stereocenters. The molecule has 2 heteroatoms. The van der Waals surface area contributed by atoms with Crippen molar-refractivity contribution in [2.24, 2.45) is 0 Å². The summed E-state index contributed by atoms with van der Waals surface area (Å²) in [6.45, 7) is 2.22. The van der Waals surface area contributed by atoms with Gasteiger partial charge in [-0.1, -0.05) is 19.4 Å². The Morgan fingerprint density at radius 3 is 1.80 bits per heavy atom. The van der Waals surface area contributed by atoms with Crippen LogP contribution in [0.4, 0.5) is 0 Å². The van der Waals surface area contributed by atoms with Crippen molar-refractivity contribution >= 4 is 10.2 Å². The van der Waals surface area contributed by atoms with E-state index in [4.69, 9.17) is 0 Å². The lowest BCUT2D eigenvalue weighted by Crippen LogP contribution is -1.55. The first-order valence-electron chi connectivity index (χ1n) is 1.91. The van der Waals surface area contributed by atoms with Crippen LogP contribution >= 0.6 is 0 Å². The van der Waals surface area contributed by atoms with Gasteiger partial charge in [0.05, 0.1) is 0 Å². The standard InChI is InChI=1S/C3H10Si.H2O/c1-2-3-4;/h2-3H2,1,4H3;1H2. The van der Waals surface area contributed by atoms with Crippen LogP contribution in [0.15, 0.2) is 0 Å². The topological polar surface area (TPSA) is 31.5 Å². The maximum Gasteiger partial charge on any atom is 0.00278 e. The smallest absolute Gasteiger partial charge is 0.00278 e. The van der Waals surface area contributed by atoms with Crippen molar-refractivity contribution in [3.63, 3.8) is 0 Å². The highest BCUT2D eigenvalue weighted by atomic mass is 28.1. The highest BCUT2D eigenvalue weighted by Crippen LogP contribution is 1.73. The summed E-state index contributed by atoms with van der Waals surface area (Å²) in [5.74, 6) is 0. The van der Waals surface area contributed by atoms with Crippen molar-refractivity contribution in [1.82, 2.24) is 0 Å². The van der Waals surface area contributed by atoms with Crippen LogP contribution in [0.5, 0.6) is 0 Å². The SMILES string of the molecule is CCC[SiH3].O. The van der Waals surface area contributed by atoms with Gasteiger partial charge in [-0.05, 0) is 0 Å². The molecule has 34 valence electrons. The molecule has 0 saturated heterocycles. The van der Waals surface area contributed by atoms with Crippen LogP contribution < -0.4 is 0 Å². The van der Waals surface area contributed by atoms with Crippen LogP contribution in [-0.2, 0) is 0 Å². The third-order valence-corrected chi connectivity index (χ3v) is 1.50. The average Bonchev–Trinajstić information content (AvgIpc) is 1.37. The molecule has 0 aliphatic heterocycles. The van der Waals surface area contributed by atoms with Gasteiger partial charge >= 0.3 is 0 Å². The van der Waals surface area contributed by atoms with E-state index in [1.807, 2.05) is 0 Å². The zero-order chi connectivity index (χ0) is 3.41. The van der Waals surface area contributed by atoms with E-state index in [2.05, 4.69) is 6.92 Å². The molecule has 0 aliphatic rings. The molecule has 1 nitrogen and oxygen atoms in total. The monoisotopic (exact) mass is 92.1 g/mol. The fraction of sp³-hybridized carbons (Fsp3) is 1.00. The van der Waals surface area contributed by atoms with Gasteiger partial charge in [0.1, 0.15) is 0 Å². The third-order valence-electron chi connectivity index (χ3n) is 0.500. The Labute approximate surface area is 36.1 Å². The Hall–Kier alpha value is 0.177. The van der Waals surface area contributed by atoms with Crippen molar-refractivity contribution in [3.8, 4) is 0 Å². The summed E-state index contributed by atoms with van der Waals surface area (Å²) in [5.41, 5.74) is 0. The molecular weight excluding hydrogens is 80.1 g/mol. The number of hydrogen-bond acceptors (Lipinski definition) is 0. The highest BCUT2D eigenvalue weighted by molar-refractivity contribution is 6.08. The molecule has 0 aromatic carbocycles. The second-order valence-corrected chi connectivity index (χ2v) is 2.00. The average molecular weight is 92.2 g/mol. The van der Waals surface area contributed by atoms with Crippen LogP contribution in [0, 0.1) is 0 Å². The van der Waals surface area contributed by atoms with Gasteiger partial charge in [-0.2, -0.15) is 0 Å². The first-order chi connectivity index (χ1) is 1.91. The van der Waals surface area contributed by atoms with Gasteiger partial charge in [-0.25, -0.2) is 0 Å². The third kappa shape index (κ3) is 14.3. The molecule has 0 fully saturated rings. The molecule has 0 atom stereocenters. The van der Waals surface area contributed by atoms with E-state index in [9.17, 15) is 0 Å². The first kappa shape index (κ1) is 8.95. The van der Waals surface area contributed by atoms with Crippen molar-refractivity contribution in [3.05, 3.63) is 0 Å². The summed E-state index contributed by atoms with van der Waals surface area (Å²) in [7, 11) is 1.39. The Bertz CT molecular complexity index is 8.85. The molecule has 0 saturated carbocycles. The summed E-state index contributed by atoms with van der Waals surface area (Å²) in [5, 5.41) is 0. The predicted molar refractivity (Wildman–Crippen MR) is 28.7 cm³/mol. The molecule has 0 aromatic rings. The maximum atomic E-state index is 2.22. The first-order valence-corrected chi connectivity index (χ1v) is 3.33. The van der Waals surface area contributed by atoms with Crippen LogP contribution in [-0.4, -0.2) is 15.7 Å². The van der Waals surface area contributed by atoms with Gasteiger partial charge in [0, 0.05) is 10.2 Å². The molecule has 2 N–H and O–H groups in total. The molecule has 0 aliphatic carbocycles. The minimum absolute atomic E-state index is 0. The summed E-state index contributed by atoms with van der Waals surface area (Å²) in [6, 6.07) is 1.46. The molecule has 0 heterocycles. The van der Waals surface area contributed by atoms with E-state index in [0.717, 1.165) is 0 Å². The minimum atomic E-state index is 0. The lowest BCUT2D eigenvalue weighted by molar-refractivity contribution is 0.824. The van der Waals surface area contributed by atoms with Gasteiger partial charge in [0.25, 0.3) is 0 Å². The van der Waals surface area contributed by atoms with E-state index in [1.165, 1.54) is 22.7 Å². The summed E-state index contributed by atoms with van der Waals surface area (Å²) >= 11 is 0. The number of rotatable bonds is 1. The van der Waals surface area contributed by atoms with Crippen molar-refractivity contribution in [2.75, 3.05) is 0 Å². The van der Waals surface area contributed by atoms with Crippen molar-refractivity contribution in [2.45, 2.75) is 19.4 Å². The molecule has 0 amide bonds. The van der Waals surface area contributed by atoms with Gasteiger partial charge in [0.15, 0.2) is 0 Å². The quantitative estimate of drug-likeness (QED) is 0.385. The van der Waals surface area contributed by atoms with Crippen LogP contribution in [0.1, 0.15) is 13.3 Å². The lowest BCUT2D eigenvalue weighted by Gasteiger charge is -1.67. The van der Waals surface area contributed by atoms with Gasteiger partial charge < -0.3 is 5.48 Å². The fourth-order valence-corrected chi connectivity index (χ4v) is 0. The molecule has 0 spiro atoms. The summed E-state index contributed by atoms with van der Waals surface area (Å²) < 4.78 is 0. The molecule has 0 bridgehead atoms. The summed E-state index contributed by atoms with van der Waals surface area (Å²) in [4.78, 5) is 0. The van der Waals surface area contributed by atoms with Gasteiger partial charge in [-0.3, -0.25) is 0 Å². The van der Waals surface area contributed by atoms with E-state index >= 15 is 0 Å². The molecule has 5 heavy (non-hydrogen) atoms. The Morgan fingerprint density at radius 2 is 1.80 bits per heavy atom.